The molecule has 5 heteroatoms. The smallest absolute Gasteiger partial charge is 0.191 e. The Labute approximate surface area is 133 Å². The van der Waals surface area contributed by atoms with Crippen LogP contribution in [0.15, 0.2) is 29.3 Å². The van der Waals surface area contributed by atoms with Gasteiger partial charge in [0.2, 0.25) is 0 Å². The monoisotopic (exact) mass is 304 g/mol. The van der Waals surface area contributed by atoms with Gasteiger partial charge in [-0.05, 0) is 38.4 Å². The number of rotatable bonds is 5. The minimum atomic E-state index is 0.698. The van der Waals surface area contributed by atoms with E-state index in [-0.39, 0.29) is 0 Å². The van der Waals surface area contributed by atoms with Gasteiger partial charge >= 0.3 is 0 Å². The predicted octanol–water partition coefficient (Wildman–Crippen LogP) is 1.70. The van der Waals surface area contributed by atoms with Crippen molar-refractivity contribution in [2.24, 2.45) is 10.9 Å². The van der Waals surface area contributed by atoms with Crippen molar-refractivity contribution in [2.75, 3.05) is 40.8 Å². The molecule has 1 aliphatic rings. The van der Waals surface area contributed by atoms with Crippen molar-refractivity contribution < 1.29 is 4.74 Å². The van der Waals surface area contributed by atoms with Gasteiger partial charge in [-0.15, -0.1) is 0 Å². The van der Waals surface area contributed by atoms with Gasteiger partial charge in [0.15, 0.2) is 5.96 Å². The van der Waals surface area contributed by atoms with E-state index in [2.05, 4.69) is 33.6 Å². The number of methoxy groups -OCH3 is 1. The van der Waals surface area contributed by atoms with Crippen molar-refractivity contribution in [3.63, 3.8) is 0 Å². The van der Waals surface area contributed by atoms with E-state index < -0.39 is 0 Å². The quantitative estimate of drug-likeness (QED) is 0.642. The molecule has 0 aliphatic carbocycles. The highest BCUT2D eigenvalue weighted by atomic mass is 16.5. The molecule has 1 unspecified atom stereocenters. The number of benzene rings is 1. The third-order valence-corrected chi connectivity index (χ3v) is 4.14. The summed E-state index contributed by atoms with van der Waals surface area (Å²) in [7, 11) is 5.71. The van der Waals surface area contributed by atoms with Crippen molar-refractivity contribution >= 4 is 5.96 Å². The molecule has 5 nitrogen and oxygen atoms in total. The standard InChI is InChI=1S/C17H28N4O/c1-18-17(19-11-14-7-6-10-21(2)13-14)20-12-15-8-4-5-9-16(15)22-3/h4-5,8-9,14H,6-7,10-13H2,1-3H3,(H2,18,19,20). The SMILES string of the molecule is CN=C(NCc1ccccc1OC)NCC1CCCN(C)C1. The third-order valence-electron chi connectivity index (χ3n) is 4.14. The average molecular weight is 304 g/mol. The molecular weight excluding hydrogens is 276 g/mol. The topological polar surface area (TPSA) is 48.9 Å². The Morgan fingerprint density at radius 2 is 2.18 bits per heavy atom. The maximum Gasteiger partial charge on any atom is 0.191 e. The zero-order valence-corrected chi connectivity index (χ0v) is 13.9. The van der Waals surface area contributed by atoms with Crippen LogP contribution in [0.1, 0.15) is 18.4 Å². The molecule has 0 amide bonds. The molecule has 1 fully saturated rings. The molecule has 22 heavy (non-hydrogen) atoms. The minimum Gasteiger partial charge on any atom is -0.496 e. The van der Waals surface area contributed by atoms with Crippen molar-refractivity contribution in [3.05, 3.63) is 29.8 Å². The summed E-state index contributed by atoms with van der Waals surface area (Å²) in [5, 5.41) is 6.80. The molecule has 0 aromatic heterocycles. The Balaban J connectivity index is 1.80. The van der Waals surface area contributed by atoms with Crippen molar-refractivity contribution in [1.82, 2.24) is 15.5 Å². The number of nitrogens with zero attached hydrogens (tertiary/aromatic N) is 2. The summed E-state index contributed by atoms with van der Waals surface area (Å²) in [4.78, 5) is 6.71. The molecule has 1 aromatic carbocycles. The number of guanidine groups is 1. The number of para-hydroxylation sites is 1. The molecule has 1 aromatic rings. The Bertz CT molecular complexity index is 489. The highest BCUT2D eigenvalue weighted by molar-refractivity contribution is 5.79. The Morgan fingerprint density at radius 1 is 1.36 bits per heavy atom. The second-order valence-electron chi connectivity index (χ2n) is 5.89. The van der Waals surface area contributed by atoms with Crippen molar-refractivity contribution in [3.8, 4) is 5.75 Å². The number of piperidine rings is 1. The van der Waals surface area contributed by atoms with Crippen molar-refractivity contribution in [2.45, 2.75) is 19.4 Å². The molecule has 0 radical (unpaired) electrons. The Hall–Kier alpha value is -1.75. The number of aliphatic imine (C=N–C) groups is 1. The molecule has 122 valence electrons. The zero-order chi connectivity index (χ0) is 15.8. The van der Waals surface area contributed by atoms with Gasteiger partial charge in [-0.1, -0.05) is 18.2 Å². The van der Waals surface area contributed by atoms with Gasteiger partial charge in [0.25, 0.3) is 0 Å². The van der Waals surface area contributed by atoms with Gasteiger partial charge in [0, 0.05) is 32.2 Å². The summed E-state index contributed by atoms with van der Waals surface area (Å²) in [6.45, 7) is 4.05. The van der Waals surface area contributed by atoms with Gasteiger partial charge in [0.1, 0.15) is 5.75 Å². The van der Waals surface area contributed by atoms with Crippen LogP contribution in [0.2, 0.25) is 0 Å². The molecule has 1 saturated heterocycles. The zero-order valence-electron chi connectivity index (χ0n) is 13.9. The second kappa shape index (κ2) is 8.63. The summed E-state index contributed by atoms with van der Waals surface area (Å²) in [5.74, 6) is 2.45. The third kappa shape index (κ3) is 4.91. The molecule has 1 aliphatic heterocycles. The lowest BCUT2D eigenvalue weighted by molar-refractivity contribution is 0.210. The maximum absolute atomic E-state index is 5.37. The summed E-state index contributed by atoms with van der Waals surface area (Å²) < 4.78 is 5.37. The first kappa shape index (κ1) is 16.6. The molecule has 0 spiro atoms. The van der Waals surface area contributed by atoms with E-state index in [9.17, 15) is 0 Å². The van der Waals surface area contributed by atoms with E-state index in [0.717, 1.165) is 30.4 Å². The summed E-state index contributed by atoms with van der Waals surface area (Å²) in [6.07, 6.45) is 2.58. The maximum atomic E-state index is 5.37. The number of hydrogen-bond donors (Lipinski definition) is 2. The van der Waals surface area contributed by atoms with Crippen LogP contribution >= 0.6 is 0 Å². The lowest BCUT2D eigenvalue weighted by Gasteiger charge is -2.30. The molecule has 0 saturated carbocycles. The van der Waals surface area contributed by atoms with Crippen LogP contribution in [-0.4, -0.2) is 51.7 Å². The first-order valence-corrected chi connectivity index (χ1v) is 7.98. The fourth-order valence-electron chi connectivity index (χ4n) is 2.93. The summed E-state index contributed by atoms with van der Waals surface area (Å²) in [6, 6.07) is 8.04. The van der Waals surface area contributed by atoms with Crippen LogP contribution in [-0.2, 0) is 6.54 Å². The van der Waals surface area contributed by atoms with E-state index in [0.29, 0.717) is 12.5 Å². The highest BCUT2D eigenvalue weighted by Gasteiger charge is 2.17. The number of ether oxygens (including phenoxy) is 1. The first-order chi connectivity index (χ1) is 10.7. The highest BCUT2D eigenvalue weighted by Crippen LogP contribution is 2.16. The fourth-order valence-corrected chi connectivity index (χ4v) is 2.93. The summed E-state index contributed by atoms with van der Waals surface area (Å²) in [5.41, 5.74) is 1.13. The minimum absolute atomic E-state index is 0.698. The summed E-state index contributed by atoms with van der Waals surface area (Å²) >= 11 is 0. The van der Waals surface area contributed by atoms with Gasteiger partial charge in [0.05, 0.1) is 7.11 Å². The molecule has 2 rings (SSSR count). The van der Waals surface area contributed by atoms with Gasteiger partial charge in [-0.25, -0.2) is 0 Å². The molecule has 1 atom stereocenters. The first-order valence-electron chi connectivity index (χ1n) is 7.98. The van der Waals surface area contributed by atoms with E-state index in [4.69, 9.17) is 4.74 Å². The number of nitrogens with one attached hydrogen (secondary N) is 2. The van der Waals surface area contributed by atoms with E-state index in [1.165, 1.54) is 19.4 Å². The molecule has 0 bridgehead atoms. The number of hydrogen-bond acceptors (Lipinski definition) is 3. The van der Waals surface area contributed by atoms with Crippen LogP contribution in [0.5, 0.6) is 5.75 Å². The van der Waals surface area contributed by atoms with Gasteiger partial charge in [-0.2, -0.15) is 0 Å². The average Bonchev–Trinajstić information content (AvgIpc) is 2.55. The normalized spacial score (nSPS) is 19.8. The number of likely N-dealkylation sites (tertiary alicyclic amines) is 1. The van der Waals surface area contributed by atoms with Crippen LogP contribution in [0.4, 0.5) is 0 Å². The molecule has 1 heterocycles. The van der Waals surface area contributed by atoms with E-state index >= 15 is 0 Å². The molecular formula is C17H28N4O. The Morgan fingerprint density at radius 3 is 2.91 bits per heavy atom. The van der Waals surface area contributed by atoms with Crippen LogP contribution in [0, 0.1) is 5.92 Å². The molecule has 2 N–H and O–H groups in total. The van der Waals surface area contributed by atoms with Crippen LogP contribution in [0.25, 0.3) is 0 Å². The van der Waals surface area contributed by atoms with Crippen LogP contribution < -0.4 is 15.4 Å². The lowest BCUT2D eigenvalue weighted by atomic mass is 9.99. The lowest BCUT2D eigenvalue weighted by Crippen LogP contribution is -2.43. The van der Waals surface area contributed by atoms with E-state index in [1.54, 1.807) is 7.11 Å². The fraction of sp³-hybridized carbons (Fsp3) is 0.588. The largest absolute Gasteiger partial charge is 0.496 e. The van der Waals surface area contributed by atoms with Gasteiger partial charge in [-0.3, -0.25) is 4.99 Å². The second-order valence-corrected chi connectivity index (χ2v) is 5.89. The van der Waals surface area contributed by atoms with E-state index in [1.807, 2.05) is 25.2 Å². The Kier molecular flexibility index (Phi) is 6.52. The van der Waals surface area contributed by atoms with Crippen LogP contribution in [0.3, 0.4) is 0 Å². The predicted molar refractivity (Wildman–Crippen MR) is 91.4 cm³/mol. The van der Waals surface area contributed by atoms with Crippen molar-refractivity contribution in [1.29, 1.82) is 0 Å². The van der Waals surface area contributed by atoms with Gasteiger partial charge < -0.3 is 20.3 Å².